The molecule has 0 aromatic rings. The first-order chi connectivity index (χ1) is 4.63. The van der Waals surface area contributed by atoms with Crippen LogP contribution in [0.3, 0.4) is 0 Å². The Morgan fingerprint density at radius 2 is 1.90 bits per heavy atom. The quantitative estimate of drug-likeness (QED) is 0.590. The van der Waals surface area contributed by atoms with Crippen molar-refractivity contribution in [3.8, 4) is 0 Å². The van der Waals surface area contributed by atoms with Gasteiger partial charge in [0.1, 0.15) is 6.10 Å². The zero-order chi connectivity index (χ0) is 8.15. The Balaban J connectivity index is 3.80. The standard InChI is InChI=1S/C7H16O3/c1-5(2)7(10-3)6(9)4-8/h5-9H,4H2,1-3H3. The first-order valence-electron chi connectivity index (χ1n) is 3.45. The van der Waals surface area contributed by atoms with Gasteiger partial charge >= 0.3 is 0 Å². The molecule has 0 spiro atoms. The molecule has 0 aromatic heterocycles. The van der Waals surface area contributed by atoms with E-state index in [0.29, 0.717) is 0 Å². The average molecular weight is 148 g/mol. The highest BCUT2D eigenvalue weighted by atomic mass is 16.5. The Morgan fingerprint density at radius 1 is 1.40 bits per heavy atom. The largest absolute Gasteiger partial charge is 0.394 e. The van der Waals surface area contributed by atoms with E-state index in [1.54, 1.807) is 0 Å². The zero-order valence-electron chi connectivity index (χ0n) is 6.74. The van der Waals surface area contributed by atoms with Crippen LogP contribution in [0.15, 0.2) is 0 Å². The van der Waals surface area contributed by atoms with Crippen LogP contribution in [0.4, 0.5) is 0 Å². The van der Waals surface area contributed by atoms with Gasteiger partial charge in [0.25, 0.3) is 0 Å². The molecular weight excluding hydrogens is 132 g/mol. The molecule has 0 heterocycles. The van der Waals surface area contributed by atoms with Gasteiger partial charge in [0.15, 0.2) is 0 Å². The molecule has 10 heavy (non-hydrogen) atoms. The molecule has 0 aliphatic carbocycles. The van der Waals surface area contributed by atoms with E-state index in [1.807, 2.05) is 13.8 Å². The molecule has 0 aromatic carbocycles. The van der Waals surface area contributed by atoms with Crippen LogP contribution in [-0.4, -0.2) is 36.1 Å². The van der Waals surface area contributed by atoms with Gasteiger partial charge in [0.2, 0.25) is 0 Å². The summed E-state index contributed by atoms with van der Waals surface area (Å²) >= 11 is 0. The highest BCUT2D eigenvalue weighted by Gasteiger charge is 2.20. The Labute approximate surface area is 61.6 Å². The van der Waals surface area contributed by atoms with Crippen LogP contribution in [0, 0.1) is 5.92 Å². The van der Waals surface area contributed by atoms with Gasteiger partial charge in [-0.2, -0.15) is 0 Å². The molecule has 2 atom stereocenters. The van der Waals surface area contributed by atoms with Crippen molar-refractivity contribution in [1.82, 2.24) is 0 Å². The van der Waals surface area contributed by atoms with E-state index >= 15 is 0 Å². The summed E-state index contributed by atoms with van der Waals surface area (Å²) in [5.41, 5.74) is 0. The van der Waals surface area contributed by atoms with Crippen LogP contribution in [0.5, 0.6) is 0 Å². The topological polar surface area (TPSA) is 49.7 Å². The van der Waals surface area contributed by atoms with E-state index in [1.165, 1.54) is 7.11 Å². The van der Waals surface area contributed by atoms with Crippen LogP contribution in [0.2, 0.25) is 0 Å². The molecule has 0 saturated heterocycles. The molecule has 0 aliphatic heterocycles. The van der Waals surface area contributed by atoms with Gasteiger partial charge in [-0.3, -0.25) is 0 Å². The molecule has 0 radical (unpaired) electrons. The summed E-state index contributed by atoms with van der Waals surface area (Å²) in [7, 11) is 1.53. The normalized spacial score (nSPS) is 17.4. The number of aliphatic hydroxyl groups excluding tert-OH is 2. The fourth-order valence-electron chi connectivity index (χ4n) is 0.977. The summed E-state index contributed by atoms with van der Waals surface area (Å²) in [5, 5.41) is 17.7. The lowest BCUT2D eigenvalue weighted by molar-refractivity contribution is -0.0589. The molecular formula is C7H16O3. The lowest BCUT2D eigenvalue weighted by Gasteiger charge is -2.22. The number of hydrogen-bond acceptors (Lipinski definition) is 3. The number of rotatable bonds is 4. The van der Waals surface area contributed by atoms with Gasteiger partial charge in [-0.05, 0) is 5.92 Å². The Morgan fingerprint density at radius 3 is 2.00 bits per heavy atom. The highest BCUT2D eigenvalue weighted by Crippen LogP contribution is 2.09. The lowest BCUT2D eigenvalue weighted by Crippen LogP contribution is -2.35. The van der Waals surface area contributed by atoms with E-state index in [9.17, 15) is 0 Å². The van der Waals surface area contributed by atoms with Crippen molar-refractivity contribution < 1.29 is 14.9 Å². The molecule has 2 unspecified atom stereocenters. The minimum Gasteiger partial charge on any atom is -0.394 e. The zero-order valence-corrected chi connectivity index (χ0v) is 6.74. The van der Waals surface area contributed by atoms with E-state index in [0.717, 1.165) is 0 Å². The predicted octanol–water partition coefficient (Wildman–Crippen LogP) is 0.0106. The van der Waals surface area contributed by atoms with Crippen LogP contribution >= 0.6 is 0 Å². The molecule has 2 N–H and O–H groups in total. The highest BCUT2D eigenvalue weighted by molar-refractivity contribution is 4.70. The Hall–Kier alpha value is -0.120. The molecule has 3 heteroatoms. The first kappa shape index (κ1) is 9.88. The molecule has 0 saturated carbocycles. The van der Waals surface area contributed by atoms with Gasteiger partial charge in [0.05, 0.1) is 12.7 Å². The maximum Gasteiger partial charge on any atom is 0.103 e. The van der Waals surface area contributed by atoms with Crippen LogP contribution in [0.25, 0.3) is 0 Å². The average Bonchev–Trinajstić information content (AvgIpc) is 1.88. The van der Waals surface area contributed by atoms with Crippen molar-refractivity contribution in [3.05, 3.63) is 0 Å². The molecule has 0 rings (SSSR count). The second-order valence-corrected chi connectivity index (χ2v) is 2.69. The molecule has 0 bridgehead atoms. The van der Waals surface area contributed by atoms with Gasteiger partial charge < -0.3 is 14.9 Å². The summed E-state index contributed by atoms with van der Waals surface area (Å²) in [6, 6.07) is 0. The smallest absolute Gasteiger partial charge is 0.103 e. The molecule has 0 aliphatic rings. The molecule has 0 fully saturated rings. The van der Waals surface area contributed by atoms with Crippen LogP contribution < -0.4 is 0 Å². The van der Waals surface area contributed by atoms with Crippen molar-refractivity contribution >= 4 is 0 Å². The maximum absolute atomic E-state index is 9.11. The third-order valence-electron chi connectivity index (χ3n) is 1.50. The first-order valence-corrected chi connectivity index (χ1v) is 3.45. The second-order valence-electron chi connectivity index (χ2n) is 2.69. The minimum absolute atomic E-state index is 0.229. The van der Waals surface area contributed by atoms with Crippen LogP contribution in [0.1, 0.15) is 13.8 Å². The minimum atomic E-state index is -0.759. The number of aliphatic hydroxyl groups is 2. The SMILES string of the molecule is COC(C(C)C)C(O)CO. The van der Waals surface area contributed by atoms with E-state index < -0.39 is 6.10 Å². The molecule has 0 amide bonds. The van der Waals surface area contributed by atoms with E-state index in [4.69, 9.17) is 14.9 Å². The van der Waals surface area contributed by atoms with Gasteiger partial charge in [-0.1, -0.05) is 13.8 Å². The maximum atomic E-state index is 9.11. The molecule has 62 valence electrons. The third-order valence-corrected chi connectivity index (χ3v) is 1.50. The summed E-state index contributed by atoms with van der Waals surface area (Å²) < 4.78 is 4.95. The fraction of sp³-hybridized carbons (Fsp3) is 1.00. The number of methoxy groups -OCH3 is 1. The number of ether oxygens (including phenoxy) is 1. The Bertz CT molecular complexity index is 82.9. The van der Waals surface area contributed by atoms with Crippen molar-refractivity contribution in [2.24, 2.45) is 5.92 Å². The molecule has 3 nitrogen and oxygen atoms in total. The van der Waals surface area contributed by atoms with Crippen molar-refractivity contribution in [2.75, 3.05) is 13.7 Å². The third kappa shape index (κ3) is 2.64. The summed E-state index contributed by atoms with van der Waals surface area (Å²) in [6.07, 6.45) is -1.02. The van der Waals surface area contributed by atoms with Crippen LogP contribution in [-0.2, 0) is 4.74 Å². The van der Waals surface area contributed by atoms with Gasteiger partial charge in [0, 0.05) is 7.11 Å². The van der Waals surface area contributed by atoms with Crippen molar-refractivity contribution in [1.29, 1.82) is 0 Å². The monoisotopic (exact) mass is 148 g/mol. The summed E-state index contributed by atoms with van der Waals surface area (Å²) in [5.74, 6) is 0.229. The second kappa shape index (κ2) is 4.66. The lowest BCUT2D eigenvalue weighted by atomic mass is 10.0. The van der Waals surface area contributed by atoms with E-state index in [-0.39, 0.29) is 18.6 Å². The van der Waals surface area contributed by atoms with Crippen molar-refractivity contribution in [2.45, 2.75) is 26.1 Å². The Kier molecular flexibility index (Phi) is 4.60. The van der Waals surface area contributed by atoms with E-state index in [2.05, 4.69) is 0 Å². The van der Waals surface area contributed by atoms with Gasteiger partial charge in [-0.15, -0.1) is 0 Å². The van der Waals surface area contributed by atoms with Crippen molar-refractivity contribution in [3.63, 3.8) is 0 Å². The summed E-state index contributed by atoms with van der Waals surface area (Å²) in [6.45, 7) is 3.64. The fourth-order valence-corrected chi connectivity index (χ4v) is 0.977. The number of hydrogen-bond donors (Lipinski definition) is 2. The predicted molar refractivity (Wildman–Crippen MR) is 38.7 cm³/mol. The van der Waals surface area contributed by atoms with Gasteiger partial charge in [-0.25, -0.2) is 0 Å². The summed E-state index contributed by atoms with van der Waals surface area (Å²) in [4.78, 5) is 0.